The van der Waals surface area contributed by atoms with Crippen molar-refractivity contribution in [2.24, 2.45) is 0 Å². The Morgan fingerprint density at radius 1 is 1.28 bits per heavy atom. The Labute approximate surface area is 150 Å². The van der Waals surface area contributed by atoms with Crippen molar-refractivity contribution in [1.29, 1.82) is 0 Å². The molecule has 2 rings (SSSR count). The summed E-state index contributed by atoms with van der Waals surface area (Å²) in [4.78, 5) is 25.8. The summed E-state index contributed by atoms with van der Waals surface area (Å²) in [5.41, 5.74) is 3.06. The zero-order valence-corrected chi connectivity index (χ0v) is 15.4. The van der Waals surface area contributed by atoms with E-state index in [9.17, 15) is 9.59 Å². The predicted molar refractivity (Wildman–Crippen MR) is 99.9 cm³/mol. The Morgan fingerprint density at radius 3 is 2.72 bits per heavy atom. The molecule has 5 heteroatoms. The molecule has 1 aromatic carbocycles. The van der Waals surface area contributed by atoms with Crippen LogP contribution in [0.2, 0.25) is 0 Å². The molecule has 0 saturated heterocycles. The predicted octanol–water partition coefficient (Wildman–Crippen LogP) is 3.36. The first kappa shape index (κ1) is 19.0. The van der Waals surface area contributed by atoms with E-state index < -0.39 is 0 Å². The van der Waals surface area contributed by atoms with Gasteiger partial charge in [-0.15, -0.1) is 0 Å². The van der Waals surface area contributed by atoms with Crippen molar-refractivity contribution in [1.82, 2.24) is 5.32 Å². The molecular formula is C20H28N2O3. The molecule has 0 heterocycles. The SMILES string of the molecule is COc1ccc(C)cc1N(CC(=O)NCCC1=CCCCC1)C(C)=O. The molecule has 1 aromatic rings. The van der Waals surface area contributed by atoms with Crippen LogP contribution < -0.4 is 15.0 Å². The Kier molecular flexibility index (Phi) is 7.04. The third kappa shape index (κ3) is 5.62. The van der Waals surface area contributed by atoms with Gasteiger partial charge < -0.3 is 10.1 Å². The molecule has 0 aliphatic heterocycles. The van der Waals surface area contributed by atoms with E-state index in [-0.39, 0.29) is 18.4 Å². The van der Waals surface area contributed by atoms with E-state index >= 15 is 0 Å². The number of rotatable bonds is 7. The van der Waals surface area contributed by atoms with Gasteiger partial charge in [-0.3, -0.25) is 14.5 Å². The lowest BCUT2D eigenvalue weighted by Crippen LogP contribution is -2.40. The summed E-state index contributed by atoms with van der Waals surface area (Å²) in [6.07, 6.45) is 7.96. The van der Waals surface area contributed by atoms with Gasteiger partial charge in [-0.2, -0.15) is 0 Å². The fourth-order valence-corrected chi connectivity index (χ4v) is 3.07. The molecular weight excluding hydrogens is 316 g/mol. The van der Waals surface area contributed by atoms with Gasteiger partial charge in [0.2, 0.25) is 11.8 Å². The highest BCUT2D eigenvalue weighted by Gasteiger charge is 2.19. The minimum absolute atomic E-state index is 0.00576. The summed E-state index contributed by atoms with van der Waals surface area (Å²) in [7, 11) is 1.56. The molecule has 1 aliphatic carbocycles. The van der Waals surface area contributed by atoms with Crippen LogP contribution in [0.25, 0.3) is 0 Å². The van der Waals surface area contributed by atoms with Crippen molar-refractivity contribution < 1.29 is 14.3 Å². The molecule has 0 radical (unpaired) electrons. The van der Waals surface area contributed by atoms with Crippen LogP contribution >= 0.6 is 0 Å². The van der Waals surface area contributed by atoms with E-state index in [0.717, 1.165) is 24.8 Å². The van der Waals surface area contributed by atoms with Crippen LogP contribution in [-0.4, -0.2) is 32.0 Å². The van der Waals surface area contributed by atoms with Gasteiger partial charge in [0, 0.05) is 13.5 Å². The Hall–Kier alpha value is -2.30. The van der Waals surface area contributed by atoms with Crippen LogP contribution in [0.3, 0.4) is 0 Å². The minimum Gasteiger partial charge on any atom is -0.495 e. The van der Waals surface area contributed by atoms with E-state index in [1.807, 2.05) is 25.1 Å². The minimum atomic E-state index is -0.186. The molecule has 0 saturated carbocycles. The van der Waals surface area contributed by atoms with E-state index in [1.54, 1.807) is 7.11 Å². The molecule has 0 bridgehead atoms. The van der Waals surface area contributed by atoms with E-state index in [4.69, 9.17) is 4.74 Å². The normalized spacial score (nSPS) is 13.8. The first-order chi connectivity index (χ1) is 12.0. The van der Waals surface area contributed by atoms with Crippen LogP contribution in [0.1, 0.15) is 44.6 Å². The molecule has 0 fully saturated rings. The smallest absolute Gasteiger partial charge is 0.240 e. The highest BCUT2D eigenvalue weighted by Crippen LogP contribution is 2.29. The van der Waals surface area contributed by atoms with Crippen molar-refractivity contribution >= 4 is 17.5 Å². The maximum Gasteiger partial charge on any atom is 0.240 e. The standard InChI is InChI=1S/C20H28N2O3/c1-15-9-10-19(25-3)18(13-15)22(16(2)23)14-20(24)21-12-11-17-7-5-4-6-8-17/h7,9-10,13H,4-6,8,11-12,14H2,1-3H3,(H,21,24). The Bertz CT molecular complexity index is 652. The van der Waals surface area contributed by atoms with Gasteiger partial charge in [0.15, 0.2) is 0 Å². The molecule has 1 N–H and O–H groups in total. The quantitative estimate of drug-likeness (QED) is 0.772. The van der Waals surface area contributed by atoms with Crippen molar-refractivity contribution in [3.05, 3.63) is 35.4 Å². The molecule has 0 atom stereocenters. The number of methoxy groups -OCH3 is 1. The average molecular weight is 344 g/mol. The van der Waals surface area contributed by atoms with Crippen molar-refractivity contribution in [3.8, 4) is 5.75 Å². The fraction of sp³-hybridized carbons (Fsp3) is 0.500. The second kappa shape index (κ2) is 9.25. The molecule has 5 nitrogen and oxygen atoms in total. The molecule has 25 heavy (non-hydrogen) atoms. The highest BCUT2D eigenvalue weighted by atomic mass is 16.5. The average Bonchev–Trinajstić information content (AvgIpc) is 2.60. The van der Waals surface area contributed by atoms with E-state index in [1.165, 1.54) is 30.2 Å². The van der Waals surface area contributed by atoms with Crippen molar-refractivity contribution in [2.75, 3.05) is 25.1 Å². The molecule has 0 aromatic heterocycles. The number of aryl methyl sites for hydroxylation is 1. The number of amides is 2. The first-order valence-corrected chi connectivity index (χ1v) is 8.88. The monoisotopic (exact) mass is 344 g/mol. The number of carbonyl (C=O) groups excluding carboxylic acids is 2. The summed E-state index contributed by atoms with van der Waals surface area (Å²) in [6, 6.07) is 5.59. The van der Waals surface area contributed by atoms with Crippen LogP contribution in [-0.2, 0) is 9.59 Å². The van der Waals surface area contributed by atoms with Gasteiger partial charge >= 0.3 is 0 Å². The number of hydrogen-bond donors (Lipinski definition) is 1. The lowest BCUT2D eigenvalue weighted by atomic mass is 9.97. The first-order valence-electron chi connectivity index (χ1n) is 8.88. The van der Waals surface area contributed by atoms with Crippen LogP contribution in [0, 0.1) is 6.92 Å². The van der Waals surface area contributed by atoms with Gasteiger partial charge in [-0.1, -0.05) is 17.7 Å². The van der Waals surface area contributed by atoms with Gasteiger partial charge in [0.1, 0.15) is 12.3 Å². The summed E-state index contributed by atoms with van der Waals surface area (Å²) >= 11 is 0. The highest BCUT2D eigenvalue weighted by molar-refractivity contribution is 5.98. The molecule has 0 spiro atoms. The number of allylic oxidation sites excluding steroid dienone is 1. The number of carbonyl (C=O) groups is 2. The lowest BCUT2D eigenvalue weighted by molar-refractivity contribution is -0.123. The van der Waals surface area contributed by atoms with E-state index in [2.05, 4.69) is 11.4 Å². The van der Waals surface area contributed by atoms with E-state index in [0.29, 0.717) is 18.0 Å². The van der Waals surface area contributed by atoms with Crippen LogP contribution in [0.15, 0.2) is 29.8 Å². The van der Waals surface area contributed by atoms with Crippen molar-refractivity contribution in [2.45, 2.75) is 46.0 Å². The molecule has 0 unspecified atom stereocenters. The summed E-state index contributed by atoms with van der Waals surface area (Å²) in [6.45, 7) is 4.01. The topological polar surface area (TPSA) is 58.6 Å². The fourth-order valence-electron chi connectivity index (χ4n) is 3.07. The largest absolute Gasteiger partial charge is 0.495 e. The van der Waals surface area contributed by atoms with Gasteiger partial charge in [-0.25, -0.2) is 0 Å². The number of nitrogens with one attached hydrogen (secondary N) is 1. The van der Waals surface area contributed by atoms with Gasteiger partial charge in [0.25, 0.3) is 0 Å². The molecule has 1 aliphatic rings. The number of benzene rings is 1. The maximum atomic E-state index is 12.3. The summed E-state index contributed by atoms with van der Waals surface area (Å²) in [5.74, 6) is 0.241. The van der Waals surface area contributed by atoms with Crippen LogP contribution in [0.4, 0.5) is 5.69 Å². The number of hydrogen-bond acceptors (Lipinski definition) is 3. The van der Waals surface area contributed by atoms with Gasteiger partial charge in [0.05, 0.1) is 12.8 Å². The maximum absolute atomic E-state index is 12.3. The third-order valence-corrected chi connectivity index (χ3v) is 4.46. The number of nitrogens with zero attached hydrogens (tertiary/aromatic N) is 1. The Morgan fingerprint density at radius 2 is 2.08 bits per heavy atom. The molecule has 136 valence electrons. The number of anilines is 1. The molecule has 2 amide bonds. The summed E-state index contributed by atoms with van der Waals surface area (Å²) < 4.78 is 5.34. The lowest BCUT2D eigenvalue weighted by Gasteiger charge is -2.23. The zero-order valence-electron chi connectivity index (χ0n) is 15.4. The number of ether oxygens (including phenoxy) is 1. The second-order valence-corrected chi connectivity index (χ2v) is 6.49. The zero-order chi connectivity index (χ0) is 18.2. The van der Waals surface area contributed by atoms with Gasteiger partial charge in [-0.05, 0) is 56.7 Å². The van der Waals surface area contributed by atoms with Crippen LogP contribution in [0.5, 0.6) is 5.75 Å². The third-order valence-electron chi connectivity index (χ3n) is 4.46. The second-order valence-electron chi connectivity index (χ2n) is 6.49. The summed E-state index contributed by atoms with van der Waals surface area (Å²) in [5, 5.41) is 2.92. The Balaban J connectivity index is 1.96. The van der Waals surface area contributed by atoms with Crippen molar-refractivity contribution in [3.63, 3.8) is 0 Å².